The van der Waals surface area contributed by atoms with Crippen LogP contribution in [-0.2, 0) is 4.79 Å². The van der Waals surface area contributed by atoms with E-state index in [4.69, 9.17) is 0 Å². The van der Waals surface area contributed by atoms with Crippen LogP contribution in [0.4, 0.5) is 5.69 Å². The van der Waals surface area contributed by atoms with Gasteiger partial charge in [-0.1, -0.05) is 18.6 Å². The Balaban J connectivity index is 1.59. The number of nitrogens with one attached hydrogen (secondary N) is 1. The van der Waals surface area contributed by atoms with Gasteiger partial charge in [-0.3, -0.25) is 4.79 Å². The summed E-state index contributed by atoms with van der Waals surface area (Å²) in [5.41, 5.74) is 0.961. The van der Waals surface area contributed by atoms with Gasteiger partial charge in [0.15, 0.2) is 0 Å². The summed E-state index contributed by atoms with van der Waals surface area (Å²) in [6.07, 6.45) is 8.16. The van der Waals surface area contributed by atoms with E-state index in [0.29, 0.717) is 12.3 Å². The molecule has 2 fully saturated rings. The smallest absolute Gasteiger partial charge is 0.224 e. The van der Waals surface area contributed by atoms with Gasteiger partial charge in [-0.05, 0) is 55.4 Å². The van der Waals surface area contributed by atoms with Crippen molar-refractivity contribution in [2.24, 2.45) is 17.8 Å². The third kappa shape index (κ3) is 2.81. The summed E-state index contributed by atoms with van der Waals surface area (Å²) in [7, 11) is 0. The number of benzene rings is 1. The lowest BCUT2D eigenvalue weighted by Crippen LogP contribution is -2.20. The van der Waals surface area contributed by atoms with Crippen molar-refractivity contribution < 1.29 is 4.79 Å². The Morgan fingerprint density at radius 3 is 2.84 bits per heavy atom. The second kappa shape index (κ2) is 5.58. The van der Waals surface area contributed by atoms with Gasteiger partial charge in [-0.2, -0.15) is 0 Å². The maximum atomic E-state index is 12.2. The molecule has 2 nitrogen and oxygen atoms in total. The number of anilines is 1. The van der Waals surface area contributed by atoms with Crippen molar-refractivity contribution in [3.8, 4) is 0 Å². The number of hydrogen-bond donors (Lipinski definition) is 1. The van der Waals surface area contributed by atoms with Gasteiger partial charge < -0.3 is 5.32 Å². The molecule has 1 amide bonds. The van der Waals surface area contributed by atoms with Crippen LogP contribution in [0.3, 0.4) is 0 Å². The molecule has 0 radical (unpaired) electrons. The molecule has 0 saturated heterocycles. The molecule has 0 aliphatic heterocycles. The van der Waals surface area contributed by atoms with E-state index < -0.39 is 0 Å². The number of fused-ring (bicyclic) bond motifs is 2. The number of rotatable bonds is 4. The molecule has 0 unspecified atom stereocenters. The van der Waals surface area contributed by atoms with Gasteiger partial charge in [-0.25, -0.2) is 0 Å². The molecule has 0 spiro atoms. The summed E-state index contributed by atoms with van der Waals surface area (Å²) >= 11 is 1.68. The highest BCUT2D eigenvalue weighted by atomic mass is 32.2. The monoisotopic (exact) mass is 275 g/mol. The zero-order valence-electron chi connectivity index (χ0n) is 11.4. The lowest BCUT2D eigenvalue weighted by Gasteiger charge is -2.21. The Bertz CT molecular complexity index is 474. The third-order valence-corrected chi connectivity index (χ3v) is 5.51. The minimum atomic E-state index is 0.194. The number of carbonyl (C=O) groups is 1. The highest BCUT2D eigenvalue weighted by Crippen LogP contribution is 2.49. The van der Waals surface area contributed by atoms with Crippen molar-refractivity contribution >= 4 is 23.4 Å². The molecule has 3 rings (SSSR count). The Hall–Kier alpha value is -0.960. The Kier molecular flexibility index (Phi) is 3.83. The lowest BCUT2D eigenvalue weighted by molar-refractivity contribution is -0.117. The fraction of sp³-hybridized carbons (Fsp3) is 0.562. The van der Waals surface area contributed by atoms with E-state index >= 15 is 0 Å². The Labute approximate surface area is 119 Å². The van der Waals surface area contributed by atoms with E-state index in [1.165, 1.54) is 25.7 Å². The van der Waals surface area contributed by atoms with Gasteiger partial charge in [0.25, 0.3) is 0 Å². The first-order chi connectivity index (χ1) is 9.26. The number of hydrogen-bond acceptors (Lipinski definition) is 2. The Morgan fingerprint density at radius 2 is 2.16 bits per heavy atom. The zero-order chi connectivity index (χ0) is 13.2. The molecule has 2 aliphatic carbocycles. The van der Waals surface area contributed by atoms with E-state index in [9.17, 15) is 4.79 Å². The third-order valence-electron chi connectivity index (χ3n) is 4.71. The van der Waals surface area contributed by atoms with E-state index in [-0.39, 0.29) is 5.91 Å². The van der Waals surface area contributed by atoms with Crippen molar-refractivity contribution in [3.05, 3.63) is 24.3 Å². The molecule has 2 aliphatic rings. The first-order valence-electron chi connectivity index (χ1n) is 7.19. The quantitative estimate of drug-likeness (QED) is 0.835. The number of para-hydroxylation sites is 1. The lowest BCUT2D eigenvalue weighted by atomic mass is 9.86. The fourth-order valence-corrected chi connectivity index (χ4v) is 4.37. The molecule has 19 heavy (non-hydrogen) atoms. The van der Waals surface area contributed by atoms with E-state index in [0.717, 1.165) is 22.4 Å². The van der Waals surface area contributed by atoms with Crippen LogP contribution in [0, 0.1) is 17.8 Å². The van der Waals surface area contributed by atoms with Crippen LogP contribution < -0.4 is 5.32 Å². The molecule has 2 bridgehead atoms. The van der Waals surface area contributed by atoms with Gasteiger partial charge in [0.2, 0.25) is 5.91 Å². The second-order valence-electron chi connectivity index (χ2n) is 5.89. The van der Waals surface area contributed by atoms with Crippen molar-refractivity contribution in [3.63, 3.8) is 0 Å². The predicted octanol–water partition coefficient (Wildman–Crippen LogP) is 4.17. The van der Waals surface area contributed by atoms with Gasteiger partial charge in [0, 0.05) is 11.3 Å². The van der Waals surface area contributed by atoms with Crippen LogP contribution in [0.25, 0.3) is 0 Å². The molecule has 2 saturated carbocycles. The van der Waals surface area contributed by atoms with E-state index in [1.54, 1.807) is 11.8 Å². The van der Waals surface area contributed by atoms with Crippen LogP contribution in [0.15, 0.2) is 29.2 Å². The molecular formula is C16H21NOS. The van der Waals surface area contributed by atoms with Crippen molar-refractivity contribution in [1.82, 2.24) is 0 Å². The molecule has 0 heterocycles. The summed E-state index contributed by atoms with van der Waals surface area (Å²) < 4.78 is 0. The topological polar surface area (TPSA) is 29.1 Å². The van der Waals surface area contributed by atoms with Crippen LogP contribution in [0.5, 0.6) is 0 Å². The summed E-state index contributed by atoms with van der Waals surface area (Å²) in [4.78, 5) is 13.3. The van der Waals surface area contributed by atoms with Crippen LogP contribution >= 0.6 is 11.8 Å². The van der Waals surface area contributed by atoms with Gasteiger partial charge >= 0.3 is 0 Å². The standard InChI is InChI=1S/C16H21NOS/c1-19-15-5-3-2-4-14(15)17-16(18)10-13-9-11-6-7-12(13)8-11/h2-5,11-13H,6-10H2,1H3,(H,17,18)/t11-,12-,13-/m0/s1. The summed E-state index contributed by atoms with van der Waals surface area (Å²) in [5, 5.41) is 3.09. The maximum Gasteiger partial charge on any atom is 0.224 e. The van der Waals surface area contributed by atoms with Gasteiger partial charge in [-0.15, -0.1) is 11.8 Å². The molecule has 3 atom stereocenters. The first kappa shape index (κ1) is 13.0. The SMILES string of the molecule is CSc1ccccc1NC(=O)C[C@@H]1C[C@H]2CC[C@H]1C2. The Morgan fingerprint density at radius 1 is 1.32 bits per heavy atom. The summed E-state index contributed by atoms with van der Waals surface area (Å²) in [6.45, 7) is 0. The van der Waals surface area contributed by atoms with Crippen LogP contribution in [0.1, 0.15) is 32.1 Å². The highest BCUT2D eigenvalue weighted by molar-refractivity contribution is 7.98. The average Bonchev–Trinajstić information content (AvgIpc) is 3.01. The largest absolute Gasteiger partial charge is 0.325 e. The molecule has 102 valence electrons. The highest BCUT2D eigenvalue weighted by Gasteiger charge is 2.40. The van der Waals surface area contributed by atoms with Crippen LogP contribution in [0.2, 0.25) is 0 Å². The van der Waals surface area contributed by atoms with Crippen molar-refractivity contribution in [2.75, 3.05) is 11.6 Å². The molecule has 1 aromatic carbocycles. The number of carbonyl (C=O) groups excluding carboxylic acids is 1. The average molecular weight is 275 g/mol. The van der Waals surface area contributed by atoms with E-state index in [2.05, 4.69) is 11.4 Å². The normalized spacial score (nSPS) is 28.6. The van der Waals surface area contributed by atoms with Crippen molar-refractivity contribution in [2.45, 2.75) is 37.0 Å². The van der Waals surface area contributed by atoms with Gasteiger partial charge in [0.05, 0.1) is 5.69 Å². The van der Waals surface area contributed by atoms with Crippen LogP contribution in [-0.4, -0.2) is 12.2 Å². The molecule has 3 heteroatoms. The van der Waals surface area contributed by atoms with Crippen molar-refractivity contribution in [1.29, 1.82) is 0 Å². The fourth-order valence-electron chi connectivity index (χ4n) is 3.81. The minimum Gasteiger partial charge on any atom is -0.325 e. The first-order valence-corrected chi connectivity index (χ1v) is 8.41. The molecule has 0 aromatic heterocycles. The zero-order valence-corrected chi connectivity index (χ0v) is 12.2. The van der Waals surface area contributed by atoms with E-state index in [1.807, 2.05) is 24.5 Å². The number of thioether (sulfide) groups is 1. The summed E-state index contributed by atoms with van der Waals surface area (Å²) in [6, 6.07) is 8.03. The number of amides is 1. The molecular weight excluding hydrogens is 254 g/mol. The summed E-state index contributed by atoms with van der Waals surface area (Å²) in [5.74, 6) is 2.58. The maximum absolute atomic E-state index is 12.2. The molecule has 1 N–H and O–H groups in total. The van der Waals surface area contributed by atoms with Gasteiger partial charge in [0.1, 0.15) is 0 Å². The second-order valence-corrected chi connectivity index (χ2v) is 6.74. The predicted molar refractivity (Wildman–Crippen MR) is 80.4 cm³/mol. The molecule has 1 aromatic rings. The minimum absolute atomic E-state index is 0.194.